The lowest BCUT2D eigenvalue weighted by Crippen LogP contribution is -2.18. The van der Waals surface area contributed by atoms with Crippen LogP contribution in [0.2, 0.25) is 0 Å². The molecule has 6 heteroatoms. The first-order valence-corrected chi connectivity index (χ1v) is 6.92. The molecule has 0 aromatic carbocycles. The summed E-state index contributed by atoms with van der Waals surface area (Å²) in [4.78, 5) is 27.2. The number of carbonyl (C=O) groups excluding carboxylic acids is 1. The lowest BCUT2D eigenvalue weighted by molar-refractivity contribution is -0.386. The average molecular weight is 278 g/mol. The van der Waals surface area contributed by atoms with Crippen molar-refractivity contribution in [1.82, 2.24) is 4.98 Å². The first-order chi connectivity index (χ1) is 9.58. The van der Waals surface area contributed by atoms with Crippen molar-refractivity contribution in [2.24, 2.45) is 0 Å². The fraction of sp³-hybridized carbons (Fsp3) is 0.571. The van der Waals surface area contributed by atoms with E-state index >= 15 is 0 Å². The largest absolute Gasteiger partial charge is 0.465 e. The normalized spacial score (nSPS) is 14.7. The Kier molecular flexibility index (Phi) is 4.32. The zero-order valence-electron chi connectivity index (χ0n) is 11.7. The van der Waals surface area contributed by atoms with Gasteiger partial charge in [0.1, 0.15) is 11.6 Å². The van der Waals surface area contributed by atoms with Crippen molar-refractivity contribution in [2.45, 2.75) is 45.4 Å². The van der Waals surface area contributed by atoms with Gasteiger partial charge in [0, 0.05) is 11.8 Å². The molecule has 1 aliphatic rings. The summed E-state index contributed by atoms with van der Waals surface area (Å²) in [5.41, 5.74) is 2.00. The zero-order valence-corrected chi connectivity index (χ0v) is 11.7. The molecule has 0 saturated carbocycles. The molecule has 0 radical (unpaired) electrons. The molecule has 2 rings (SSSR count). The predicted molar refractivity (Wildman–Crippen MR) is 72.6 cm³/mol. The number of nitro groups is 1. The van der Waals surface area contributed by atoms with E-state index in [1.807, 2.05) is 0 Å². The lowest BCUT2D eigenvalue weighted by atomic mass is 9.99. The molecule has 1 atom stereocenters. The quantitative estimate of drug-likeness (QED) is 0.469. The Bertz CT molecular complexity index is 542. The van der Waals surface area contributed by atoms with Gasteiger partial charge in [0.2, 0.25) is 0 Å². The van der Waals surface area contributed by atoms with Crippen molar-refractivity contribution >= 4 is 11.7 Å². The fourth-order valence-corrected chi connectivity index (χ4v) is 2.59. The summed E-state index contributed by atoms with van der Waals surface area (Å²) in [7, 11) is 0. The Morgan fingerprint density at radius 2 is 2.25 bits per heavy atom. The van der Waals surface area contributed by atoms with Gasteiger partial charge in [-0.05, 0) is 38.2 Å². The Morgan fingerprint density at radius 3 is 2.85 bits per heavy atom. The predicted octanol–water partition coefficient (Wildman–Crippen LogP) is 2.54. The van der Waals surface area contributed by atoms with Gasteiger partial charge in [0.15, 0.2) is 0 Å². The van der Waals surface area contributed by atoms with Gasteiger partial charge in [-0.3, -0.25) is 14.9 Å². The maximum absolute atomic E-state index is 12.0. The van der Waals surface area contributed by atoms with Crippen LogP contribution in [-0.4, -0.2) is 22.5 Å². The molecular formula is C14H18N2O4. The molecule has 0 saturated heterocycles. The van der Waals surface area contributed by atoms with E-state index in [9.17, 15) is 14.9 Å². The van der Waals surface area contributed by atoms with Crippen molar-refractivity contribution in [1.29, 1.82) is 0 Å². The third-order valence-electron chi connectivity index (χ3n) is 3.57. The van der Waals surface area contributed by atoms with Crippen LogP contribution in [0.15, 0.2) is 6.07 Å². The third-order valence-corrected chi connectivity index (χ3v) is 3.57. The summed E-state index contributed by atoms with van der Waals surface area (Å²) in [6.07, 6.45) is 3.03. The van der Waals surface area contributed by atoms with Crippen molar-refractivity contribution in [3.63, 3.8) is 0 Å². The van der Waals surface area contributed by atoms with Crippen molar-refractivity contribution in [3.8, 4) is 0 Å². The number of nitrogens with zero attached hydrogens (tertiary/aromatic N) is 2. The summed E-state index contributed by atoms with van der Waals surface area (Å²) < 4.78 is 5.00. The highest BCUT2D eigenvalue weighted by Gasteiger charge is 2.31. The molecule has 0 aliphatic heterocycles. The number of aryl methyl sites for hydroxylation is 2. The number of hydrogen-bond acceptors (Lipinski definition) is 5. The number of pyridine rings is 1. The minimum absolute atomic E-state index is 0.0643. The number of aromatic nitrogens is 1. The highest BCUT2D eigenvalue weighted by atomic mass is 16.6. The Morgan fingerprint density at radius 1 is 1.50 bits per heavy atom. The number of fused-ring (bicyclic) bond motifs is 1. The number of ether oxygens (including phenoxy) is 1. The van der Waals surface area contributed by atoms with Crippen molar-refractivity contribution in [3.05, 3.63) is 33.1 Å². The van der Waals surface area contributed by atoms with Gasteiger partial charge < -0.3 is 4.74 Å². The number of esters is 1. The molecule has 1 heterocycles. The second-order valence-corrected chi connectivity index (χ2v) is 4.82. The third kappa shape index (κ3) is 2.64. The summed E-state index contributed by atoms with van der Waals surface area (Å²) in [5.74, 6) is -1.11. The van der Waals surface area contributed by atoms with Crippen molar-refractivity contribution in [2.75, 3.05) is 6.61 Å². The molecule has 0 amide bonds. The second-order valence-electron chi connectivity index (χ2n) is 4.82. The van der Waals surface area contributed by atoms with E-state index < -0.39 is 16.8 Å². The fourth-order valence-electron chi connectivity index (χ4n) is 2.59. The number of hydrogen-bond donors (Lipinski definition) is 0. The molecule has 0 fully saturated rings. The van der Waals surface area contributed by atoms with Gasteiger partial charge in [0.05, 0.1) is 11.5 Å². The topological polar surface area (TPSA) is 82.3 Å². The van der Waals surface area contributed by atoms with Gasteiger partial charge in [-0.1, -0.05) is 6.92 Å². The van der Waals surface area contributed by atoms with Crippen LogP contribution in [0.4, 0.5) is 5.69 Å². The van der Waals surface area contributed by atoms with Crippen LogP contribution < -0.4 is 0 Å². The van der Waals surface area contributed by atoms with Gasteiger partial charge >= 0.3 is 5.97 Å². The minimum Gasteiger partial charge on any atom is -0.465 e. The summed E-state index contributed by atoms with van der Waals surface area (Å²) in [6.45, 7) is 3.78. The molecule has 1 aromatic heterocycles. The summed E-state index contributed by atoms with van der Waals surface area (Å²) in [6, 6.07) is 1.58. The molecular weight excluding hydrogens is 260 g/mol. The van der Waals surface area contributed by atoms with E-state index in [1.54, 1.807) is 19.9 Å². The van der Waals surface area contributed by atoms with Gasteiger partial charge in [-0.25, -0.2) is 4.98 Å². The summed E-state index contributed by atoms with van der Waals surface area (Å²) in [5, 5.41) is 11.2. The van der Waals surface area contributed by atoms with E-state index in [0.717, 1.165) is 30.5 Å². The second kappa shape index (κ2) is 5.98. The lowest BCUT2D eigenvalue weighted by Gasteiger charge is -2.14. The number of rotatable bonds is 5. The van der Waals surface area contributed by atoms with Gasteiger partial charge in [0.25, 0.3) is 5.69 Å². The van der Waals surface area contributed by atoms with E-state index in [1.165, 1.54) is 0 Å². The molecule has 1 aliphatic carbocycles. The minimum atomic E-state index is -0.666. The molecule has 6 nitrogen and oxygen atoms in total. The maximum Gasteiger partial charge on any atom is 0.315 e. The molecule has 0 N–H and O–H groups in total. The van der Waals surface area contributed by atoms with Crippen LogP contribution in [0.5, 0.6) is 0 Å². The molecule has 1 unspecified atom stereocenters. The summed E-state index contributed by atoms with van der Waals surface area (Å²) >= 11 is 0. The molecule has 20 heavy (non-hydrogen) atoms. The van der Waals surface area contributed by atoms with Crippen LogP contribution in [-0.2, 0) is 22.4 Å². The van der Waals surface area contributed by atoms with Crippen LogP contribution >= 0.6 is 0 Å². The van der Waals surface area contributed by atoms with E-state index in [4.69, 9.17) is 4.74 Å². The molecule has 0 bridgehead atoms. The van der Waals surface area contributed by atoms with Crippen LogP contribution in [0.3, 0.4) is 0 Å². The maximum atomic E-state index is 12.0. The van der Waals surface area contributed by atoms with E-state index in [-0.39, 0.29) is 18.0 Å². The highest BCUT2D eigenvalue weighted by Crippen LogP contribution is 2.33. The first kappa shape index (κ1) is 14.4. The highest BCUT2D eigenvalue weighted by molar-refractivity contribution is 5.79. The molecule has 1 aromatic rings. The smallest absolute Gasteiger partial charge is 0.315 e. The molecule has 0 spiro atoms. The Balaban J connectivity index is 2.47. The van der Waals surface area contributed by atoms with Crippen LogP contribution in [0, 0.1) is 10.1 Å². The van der Waals surface area contributed by atoms with Crippen LogP contribution in [0.25, 0.3) is 0 Å². The number of carbonyl (C=O) groups is 1. The van der Waals surface area contributed by atoms with Gasteiger partial charge in [-0.15, -0.1) is 0 Å². The van der Waals surface area contributed by atoms with Crippen molar-refractivity contribution < 1.29 is 14.5 Å². The van der Waals surface area contributed by atoms with E-state index in [0.29, 0.717) is 6.42 Å². The first-order valence-electron chi connectivity index (χ1n) is 6.92. The average Bonchev–Trinajstić information content (AvgIpc) is 2.86. The van der Waals surface area contributed by atoms with E-state index in [2.05, 4.69) is 4.98 Å². The zero-order chi connectivity index (χ0) is 14.7. The standard InChI is InChI=1S/C14H18N2O4/c1-3-10(14(17)20-4-2)13-12(16(18)19)8-9-6-5-7-11(9)15-13/h8,10H,3-7H2,1-2H3. The Labute approximate surface area is 117 Å². The molecule has 108 valence electrons. The van der Waals surface area contributed by atoms with Crippen LogP contribution in [0.1, 0.15) is 49.6 Å². The Hall–Kier alpha value is -1.98. The monoisotopic (exact) mass is 278 g/mol. The van der Waals surface area contributed by atoms with Gasteiger partial charge in [-0.2, -0.15) is 0 Å². The SMILES string of the molecule is CCOC(=O)C(CC)c1nc2c(cc1[N+](=O)[O-])CCC2.